The Balaban J connectivity index is 2.12. The van der Waals surface area contributed by atoms with Crippen molar-refractivity contribution in [1.82, 2.24) is 5.32 Å². The molecule has 148 valence electrons. The first-order valence-electron chi connectivity index (χ1n) is 9.78. The maximum Gasteiger partial charge on any atom is 0.221 e. The number of rotatable bonds is 8. The summed E-state index contributed by atoms with van der Waals surface area (Å²) < 4.78 is 0. The molecule has 0 aliphatic heterocycles. The van der Waals surface area contributed by atoms with Crippen molar-refractivity contribution < 1.29 is 9.59 Å². The molecule has 1 amide bonds. The largest absolute Gasteiger partial charge is 0.338 e. The van der Waals surface area contributed by atoms with Crippen LogP contribution in [0.3, 0.4) is 0 Å². The fourth-order valence-corrected chi connectivity index (χ4v) is 3.63. The summed E-state index contributed by atoms with van der Waals surface area (Å²) in [5.74, 6) is -0.749. The molecule has 0 bridgehead atoms. The number of nitrogens with one attached hydrogen (secondary N) is 1. The monoisotopic (exact) mass is 386 g/mol. The quantitative estimate of drug-likeness (QED) is 0.581. The lowest BCUT2D eigenvalue weighted by Gasteiger charge is -2.37. The van der Waals surface area contributed by atoms with Gasteiger partial charge in [0, 0.05) is 12.3 Å². The van der Waals surface area contributed by atoms with Gasteiger partial charge in [-0.15, -0.1) is 0 Å². The molecule has 3 aromatic carbocycles. The van der Waals surface area contributed by atoms with Gasteiger partial charge in [-0.25, -0.2) is 0 Å². The summed E-state index contributed by atoms with van der Waals surface area (Å²) in [6.45, 7) is 1.68. The fraction of sp³-hybridized carbons (Fsp3) is 0.200. The first-order chi connectivity index (χ1) is 14.1. The zero-order chi connectivity index (χ0) is 20.7. The van der Waals surface area contributed by atoms with Crippen molar-refractivity contribution in [2.45, 2.75) is 18.9 Å². The molecule has 0 saturated heterocycles. The molecular formula is C25H26N2O2. The van der Waals surface area contributed by atoms with Crippen molar-refractivity contribution in [3.8, 4) is 0 Å². The molecule has 4 heteroatoms. The second-order valence-electron chi connectivity index (χ2n) is 7.17. The highest BCUT2D eigenvalue weighted by molar-refractivity contribution is 5.88. The molecule has 4 nitrogen and oxygen atoms in total. The second kappa shape index (κ2) is 9.30. The minimum Gasteiger partial charge on any atom is -0.338 e. The Hall–Kier alpha value is -3.24. The Morgan fingerprint density at radius 3 is 1.52 bits per heavy atom. The van der Waals surface area contributed by atoms with E-state index in [1.54, 1.807) is 6.92 Å². The van der Waals surface area contributed by atoms with Crippen LogP contribution in [0.15, 0.2) is 91.0 Å². The van der Waals surface area contributed by atoms with Crippen molar-refractivity contribution in [2.75, 3.05) is 6.54 Å². The lowest BCUT2D eigenvalue weighted by molar-refractivity contribution is -0.128. The van der Waals surface area contributed by atoms with Crippen molar-refractivity contribution in [2.24, 2.45) is 11.7 Å². The van der Waals surface area contributed by atoms with Gasteiger partial charge >= 0.3 is 0 Å². The molecule has 0 spiro atoms. The number of ketones is 1. The Bertz CT molecular complexity index is 844. The van der Waals surface area contributed by atoms with Crippen molar-refractivity contribution >= 4 is 11.7 Å². The number of Topliss-reactive ketones (excluding diaryl/α,β-unsaturated/α-hetero) is 1. The molecule has 0 fully saturated rings. The van der Waals surface area contributed by atoms with E-state index in [-0.39, 0.29) is 24.7 Å². The van der Waals surface area contributed by atoms with Crippen LogP contribution in [0.25, 0.3) is 0 Å². The van der Waals surface area contributed by atoms with Crippen LogP contribution in [-0.2, 0) is 15.1 Å². The number of benzene rings is 3. The van der Waals surface area contributed by atoms with Crippen molar-refractivity contribution in [3.05, 3.63) is 108 Å². The van der Waals surface area contributed by atoms with Gasteiger partial charge in [0.25, 0.3) is 0 Å². The highest BCUT2D eigenvalue weighted by atomic mass is 16.2. The Kier molecular flexibility index (Phi) is 6.57. The minimum atomic E-state index is -0.869. The number of amides is 1. The maximum atomic E-state index is 13.1. The van der Waals surface area contributed by atoms with E-state index < -0.39 is 11.5 Å². The zero-order valence-corrected chi connectivity index (χ0v) is 16.5. The van der Waals surface area contributed by atoms with Gasteiger partial charge in [-0.05, 0) is 16.7 Å². The molecule has 0 aliphatic carbocycles. The minimum absolute atomic E-state index is 0.0599. The Morgan fingerprint density at radius 1 is 0.793 bits per heavy atom. The van der Waals surface area contributed by atoms with Crippen LogP contribution in [0.1, 0.15) is 30.0 Å². The molecule has 0 aromatic heterocycles. The number of hydrogen-bond donors (Lipinski definition) is 2. The number of carbonyl (C=O) groups excluding carboxylic acids is 2. The molecule has 29 heavy (non-hydrogen) atoms. The molecule has 0 saturated carbocycles. The van der Waals surface area contributed by atoms with Gasteiger partial charge in [-0.3, -0.25) is 9.59 Å². The molecular weight excluding hydrogens is 360 g/mol. The van der Waals surface area contributed by atoms with Crippen LogP contribution in [0.2, 0.25) is 0 Å². The van der Waals surface area contributed by atoms with Crippen LogP contribution in [0.4, 0.5) is 0 Å². The first-order valence-corrected chi connectivity index (χ1v) is 9.78. The van der Waals surface area contributed by atoms with E-state index in [4.69, 9.17) is 5.73 Å². The fourth-order valence-electron chi connectivity index (χ4n) is 3.63. The van der Waals surface area contributed by atoms with E-state index in [0.29, 0.717) is 0 Å². The Morgan fingerprint density at radius 2 is 1.17 bits per heavy atom. The maximum absolute atomic E-state index is 13.1. The molecule has 0 heterocycles. The van der Waals surface area contributed by atoms with Crippen LogP contribution >= 0.6 is 0 Å². The van der Waals surface area contributed by atoms with E-state index in [1.807, 2.05) is 91.0 Å². The Labute approximate surface area is 171 Å². The first kappa shape index (κ1) is 20.5. The molecule has 0 unspecified atom stereocenters. The van der Waals surface area contributed by atoms with Gasteiger partial charge < -0.3 is 11.1 Å². The van der Waals surface area contributed by atoms with Gasteiger partial charge in [0.2, 0.25) is 5.91 Å². The highest BCUT2D eigenvalue weighted by Crippen LogP contribution is 2.36. The normalized spacial score (nSPS) is 12.2. The third-order valence-corrected chi connectivity index (χ3v) is 5.19. The van der Waals surface area contributed by atoms with Gasteiger partial charge in [-0.2, -0.15) is 0 Å². The topological polar surface area (TPSA) is 72.2 Å². The standard InChI is InChI=1S/C25H26N2O2/c1-19(23(28)18-26)17-24(29)27-25(20-11-5-2-6-12-20,21-13-7-3-8-14-21)22-15-9-4-10-16-22/h2-16,19H,17-18,26H2,1H3,(H,27,29)/t19-/m0/s1. The third-order valence-electron chi connectivity index (χ3n) is 5.19. The second-order valence-corrected chi connectivity index (χ2v) is 7.17. The molecule has 3 N–H and O–H groups in total. The van der Waals surface area contributed by atoms with E-state index in [2.05, 4.69) is 5.32 Å². The lowest BCUT2D eigenvalue weighted by Crippen LogP contribution is -2.48. The summed E-state index contributed by atoms with van der Waals surface area (Å²) in [6, 6.07) is 29.7. The van der Waals surface area contributed by atoms with E-state index in [0.717, 1.165) is 16.7 Å². The SMILES string of the molecule is C[C@@H](CC(=O)NC(c1ccccc1)(c1ccccc1)c1ccccc1)C(=O)CN. The summed E-state index contributed by atoms with van der Waals surface area (Å²) >= 11 is 0. The lowest BCUT2D eigenvalue weighted by atomic mass is 9.76. The summed E-state index contributed by atoms with van der Waals surface area (Å²) in [5.41, 5.74) is 7.44. The van der Waals surface area contributed by atoms with Gasteiger partial charge in [0.05, 0.1) is 6.54 Å². The highest BCUT2D eigenvalue weighted by Gasteiger charge is 2.38. The smallest absolute Gasteiger partial charge is 0.221 e. The van der Waals surface area contributed by atoms with Crippen molar-refractivity contribution in [1.29, 1.82) is 0 Å². The van der Waals surface area contributed by atoms with Gasteiger partial charge in [-0.1, -0.05) is 97.9 Å². The predicted octanol–water partition coefficient (Wildman–Crippen LogP) is 3.65. The van der Waals surface area contributed by atoms with E-state index in [9.17, 15) is 9.59 Å². The summed E-state index contributed by atoms with van der Waals surface area (Å²) in [6.07, 6.45) is 0.0876. The molecule has 0 aliphatic rings. The average molecular weight is 386 g/mol. The van der Waals surface area contributed by atoms with Crippen LogP contribution < -0.4 is 11.1 Å². The van der Waals surface area contributed by atoms with Crippen LogP contribution in [0, 0.1) is 5.92 Å². The summed E-state index contributed by atoms with van der Waals surface area (Å²) in [7, 11) is 0. The number of hydrogen-bond acceptors (Lipinski definition) is 3. The number of nitrogens with two attached hydrogens (primary N) is 1. The average Bonchev–Trinajstić information content (AvgIpc) is 2.78. The molecule has 1 atom stereocenters. The van der Waals surface area contributed by atoms with Crippen molar-refractivity contribution in [3.63, 3.8) is 0 Å². The van der Waals surface area contributed by atoms with E-state index >= 15 is 0 Å². The summed E-state index contributed by atoms with van der Waals surface area (Å²) in [4.78, 5) is 25.0. The third kappa shape index (κ3) is 4.44. The summed E-state index contributed by atoms with van der Waals surface area (Å²) in [5, 5.41) is 3.26. The molecule has 0 radical (unpaired) electrons. The van der Waals surface area contributed by atoms with Crippen LogP contribution in [-0.4, -0.2) is 18.2 Å². The van der Waals surface area contributed by atoms with E-state index in [1.165, 1.54) is 0 Å². The number of carbonyl (C=O) groups is 2. The van der Waals surface area contributed by atoms with Crippen LogP contribution in [0.5, 0.6) is 0 Å². The molecule has 3 rings (SSSR count). The van der Waals surface area contributed by atoms with Gasteiger partial charge in [0.1, 0.15) is 11.3 Å². The predicted molar refractivity (Wildman–Crippen MR) is 115 cm³/mol. The van der Waals surface area contributed by atoms with Gasteiger partial charge in [0.15, 0.2) is 0 Å². The molecule has 3 aromatic rings. The zero-order valence-electron chi connectivity index (χ0n) is 16.5.